The molecule has 0 heterocycles. The lowest BCUT2D eigenvalue weighted by atomic mass is 9.82. The maximum atomic E-state index is 10.5. The second-order valence-electron chi connectivity index (χ2n) is 3.92. The van der Waals surface area contributed by atoms with Crippen molar-refractivity contribution in [2.24, 2.45) is 0 Å². The zero-order valence-corrected chi connectivity index (χ0v) is 9.09. The Morgan fingerprint density at radius 1 is 1.12 bits per heavy atom. The van der Waals surface area contributed by atoms with E-state index >= 15 is 0 Å². The number of allylic oxidation sites excluding steroid dienone is 2. The molecule has 3 heteroatoms. The normalized spacial score (nSPS) is 23.0. The van der Waals surface area contributed by atoms with Gasteiger partial charge in [-0.2, -0.15) is 10.5 Å². The van der Waals surface area contributed by atoms with Crippen molar-refractivity contribution >= 4 is 0 Å². The lowest BCUT2D eigenvalue weighted by Gasteiger charge is -2.27. The van der Waals surface area contributed by atoms with Crippen LogP contribution in [0.1, 0.15) is 12.0 Å². The molecule has 0 bridgehead atoms. The monoisotopic (exact) mass is 222 g/mol. The molecule has 2 rings (SSSR count). The predicted molar refractivity (Wildman–Crippen MR) is 62.3 cm³/mol. The van der Waals surface area contributed by atoms with Crippen LogP contribution in [0, 0.1) is 22.7 Å². The molecule has 0 saturated carbocycles. The van der Waals surface area contributed by atoms with E-state index in [0.29, 0.717) is 11.1 Å². The van der Waals surface area contributed by atoms with Gasteiger partial charge in [-0.05, 0) is 17.7 Å². The van der Waals surface area contributed by atoms with Crippen molar-refractivity contribution in [2.45, 2.75) is 12.0 Å². The molecule has 0 fully saturated rings. The molecule has 0 aromatic heterocycles. The Balaban J connectivity index is 2.42. The Labute approximate surface area is 99.5 Å². The van der Waals surface area contributed by atoms with Crippen LogP contribution in [0.5, 0.6) is 0 Å². The minimum absolute atomic E-state index is 0.146. The number of rotatable bonds is 1. The van der Waals surface area contributed by atoms with Gasteiger partial charge in [-0.1, -0.05) is 30.3 Å². The quantitative estimate of drug-likeness (QED) is 0.791. The van der Waals surface area contributed by atoms with Crippen molar-refractivity contribution < 1.29 is 5.11 Å². The van der Waals surface area contributed by atoms with Crippen molar-refractivity contribution in [1.82, 2.24) is 0 Å². The fraction of sp³-hybridized carbons (Fsp3) is 0.143. The van der Waals surface area contributed by atoms with E-state index < -0.39 is 5.60 Å². The Morgan fingerprint density at radius 2 is 1.82 bits per heavy atom. The highest BCUT2D eigenvalue weighted by atomic mass is 16.3. The molecule has 1 aliphatic rings. The summed E-state index contributed by atoms with van der Waals surface area (Å²) in [6.45, 7) is 0. The molecule has 17 heavy (non-hydrogen) atoms. The summed E-state index contributed by atoms with van der Waals surface area (Å²) >= 11 is 0. The summed E-state index contributed by atoms with van der Waals surface area (Å²) < 4.78 is 0. The summed E-state index contributed by atoms with van der Waals surface area (Å²) in [5, 5.41) is 28.3. The summed E-state index contributed by atoms with van der Waals surface area (Å²) in [4.78, 5) is 0. The standard InChI is InChI=1S/C14H10N2O/c15-9-11-6-7-14(17,8-12(11)10-16)13-4-2-1-3-5-13/h1-7,17H,8H2. The van der Waals surface area contributed by atoms with Gasteiger partial charge in [0, 0.05) is 6.42 Å². The minimum Gasteiger partial charge on any atom is -0.381 e. The second-order valence-corrected chi connectivity index (χ2v) is 3.92. The zero-order chi connectivity index (χ0) is 12.3. The van der Waals surface area contributed by atoms with Gasteiger partial charge in [0.15, 0.2) is 0 Å². The van der Waals surface area contributed by atoms with Crippen LogP contribution in [0.3, 0.4) is 0 Å². The van der Waals surface area contributed by atoms with E-state index in [1.165, 1.54) is 6.08 Å². The van der Waals surface area contributed by atoms with Gasteiger partial charge in [0.25, 0.3) is 0 Å². The molecule has 1 aromatic carbocycles. The average Bonchev–Trinajstić information content (AvgIpc) is 2.39. The number of aliphatic hydroxyl groups is 1. The van der Waals surface area contributed by atoms with Crippen LogP contribution >= 0.6 is 0 Å². The first-order valence-electron chi connectivity index (χ1n) is 5.20. The maximum Gasteiger partial charge on any atom is 0.113 e. The van der Waals surface area contributed by atoms with Gasteiger partial charge in [0.05, 0.1) is 17.2 Å². The van der Waals surface area contributed by atoms with E-state index in [4.69, 9.17) is 10.5 Å². The molecule has 0 aliphatic heterocycles. The minimum atomic E-state index is -1.19. The van der Waals surface area contributed by atoms with Gasteiger partial charge < -0.3 is 5.11 Å². The molecule has 0 saturated heterocycles. The van der Waals surface area contributed by atoms with E-state index in [0.717, 1.165) is 5.56 Å². The fourth-order valence-electron chi connectivity index (χ4n) is 1.87. The highest BCUT2D eigenvalue weighted by Crippen LogP contribution is 2.34. The van der Waals surface area contributed by atoms with Crippen molar-refractivity contribution in [3.8, 4) is 12.1 Å². The van der Waals surface area contributed by atoms with Crippen molar-refractivity contribution in [3.05, 3.63) is 59.2 Å². The first kappa shape index (κ1) is 11.1. The van der Waals surface area contributed by atoms with Gasteiger partial charge in [-0.25, -0.2) is 0 Å². The second kappa shape index (κ2) is 4.25. The zero-order valence-electron chi connectivity index (χ0n) is 9.09. The lowest BCUT2D eigenvalue weighted by molar-refractivity contribution is 0.0892. The molecular weight excluding hydrogens is 212 g/mol. The van der Waals surface area contributed by atoms with Crippen LogP contribution in [-0.4, -0.2) is 5.11 Å². The number of hydrogen-bond acceptors (Lipinski definition) is 3. The number of nitrogens with zero attached hydrogens (tertiary/aromatic N) is 2. The third-order valence-corrected chi connectivity index (χ3v) is 2.83. The molecule has 1 aliphatic carbocycles. The largest absolute Gasteiger partial charge is 0.381 e. The maximum absolute atomic E-state index is 10.5. The van der Waals surface area contributed by atoms with Crippen LogP contribution in [-0.2, 0) is 5.60 Å². The lowest BCUT2D eigenvalue weighted by Crippen LogP contribution is -2.25. The molecule has 1 atom stereocenters. The first-order chi connectivity index (χ1) is 8.19. The van der Waals surface area contributed by atoms with Crippen LogP contribution in [0.25, 0.3) is 0 Å². The van der Waals surface area contributed by atoms with Gasteiger partial charge in [-0.3, -0.25) is 0 Å². The third kappa shape index (κ3) is 1.97. The topological polar surface area (TPSA) is 67.8 Å². The molecule has 1 N–H and O–H groups in total. The van der Waals surface area contributed by atoms with E-state index in [-0.39, 0.29) is 6.42 Å². The molecular formula is C14H10N2O. The van der Waals surface area contributed by atoms with Gasteiger partial charge in [-0.15, -0.1) is 0 Å². The van der Waals surface area contributed by atoms with Gasteiger partial charge in [0.2, 0.25) is 0 Å². The molecule has 1 unspecified atom stereocenters. The van der Waals surface area contributed by atoms with Crippen LogP contribution in [0.2, 0.25) is 0 Å². The molecule has 0 amide bonds. The number of benzene rings is 1. The van der Waals surface area contributed by atoms with Crippen molar-refractivity contribution in [2.75, 3.05) is 0 Å². The Hall–Kier alpha value is -2.36. The smallest absolute Gasteiger partial charge is 0.113 e. The summed E-state index contributed by atoms with van der Waals surface area (Å²) in [5.41, 5.74) is 0.183. The molecule has 82 valence electrons. The van der Waals surface area contributed by atoms with Crippen LogP contribution < -0.4 is 0 Å². The summed E-state index contributed by atoms with van der Waals surface area (Å²) in [5.74, 6) is 0. The highest BCUT2D eigenvalue weighted by Gasteiger charge is 2.31. The number of hydrogen-bond donors (Lipinski definition) is 1. The predicted octanol–water partition coefficient (Wildman–Crippen LogP) is 2.18. The third-order valence-electron chi connectivity index (χ3n) is 2.83. The summed E-state index contributed by atoms with van der Waals surface area (Å²) in [6, 6.07) is 13.1. The Kier molecular flexibility index (Phi) is 2.78. The Morgan fingerprint density at radius 3 is 2.41 bits per heavy atom. The van der Waals surface area contributed by atoms with Gasteiger partial charge >= 0.3 is 0 Å². The average molecular weight is 222 g/mol. The molecule has 1 aromatic rings. The van der Waals surface area contributed by atoms with E-state index in [9.17, 15) is 5.11 Å². The van der Waals surface area contributed by atoms with E-state index in [1.807, 2.05) is 30.3 Å². The SMILES string of the molecule is N#CC1=C(C#N)CC(O)(c2ccccc2)C=C1. The summed E-state index contributed by atoms with van der Waals surface area (Å²) in [6.07, 6.45) is 3.23. The van der Waals surface area contributed by atoms with E-state index in [2.05, 4.69) is 0 Å². The van der Waals surface area contributed by atoms with Crippen LogP contribution in [0.15, 0.2) is 53.6 Å². The van der Waals surface area contributed by atoms with Gasteiger partial charge in [0.1, 0.15) is 11.7 Å². The molecule has 3 nitrogen and oxygen atoms in total. The molecule has 0 spiro atoms. The summed E-state index contributed by atoms with van der Waals surface area (Å²) in [7, 11) is 0. The van der Waals surface area contributed by atoms with Crippen LogP contribution in [0.4, 0.5) is 0 Å². The van der Waals surface area contributed by atoms with Crippen molar-refractivity contribution in [3.63, 3.8) is 0 Å². The fourth-order valence-corrected chi connectivity index (χ4v) is 1.87. The van der Waals surface area contributed by atoms with Crippen molar-refractivity contribution in [1.29, 1.82) is 10.5 Å². The first-order valence-corrected chi connectivity index (χ1v) is 5.20. The highest BCUT2D eigenvalue weighted by molar-refractivity contribution is 5.50. The molecule has 0 radical (unpaired) electrons. The van der Waals surface area contributed by atoms with E-state index in [1.54, 1.807) is 18.2 Å². The Bertz CT molecular complexity index is 572. The number of nitriles is 2.